The Kier molecular flexibility index (Phi) is 4.95. The molecule has 0 radical (unpaired) electrons. The summed E-state index contributed by atoms with van der Waals surface area (Å²) in [4.78, 5) is 0. The summed E-state index contributed by atoms with van der Waals surface area (Å²) >= 11 is 0. The molecule has 118 valence electrons. The van der Waals surface area contributed by atoms with Crippen molar-refractivity contribution in [1.82, 2.24) is 0 Å². The second-order valence-electron chi connectivity index (χ2n) is 7.46. The highest BCUT2D eigenvalue weighted by Gasteiger charge is 2.19. The topological polar surface area (TPSA) is 9.23 Å². The molecule has 0 aliphatic heterocycles. The molecule has 0 amide bonds. The second kappa shape index (κ2) is 6.56. The molecule has 0 saturated carbocycles. The maximum absolute atomic E-state index is 5.38. The number of hydrogen-bond acceptors (Lipinski definition) is 1. The molecule has 0 aliphatic rings. The summed E-state index contributed by atoms with van der Waals surface area (Å²) < 4.78 is 5.38. The fraction of sp³-hybridized carbons (Fsp3) is 0.429. The van der Waals surface area contributed by atoms with E-state index in [1.807, 2.05) is 6.07 Å². The van der Waals surface area contributed by atoms with Gasteiger partial charge in [0.25, 0.3) is 0 Å². The van der Waals surface area contributed by atoms with E-state index < -0.39 is 0 Å². The molecule has 0 aromatic heterocycles. The number of ether oxygens (including phenoxy) is 1. The van der Waals surface area contributed by atoms with Gasteiger partial charge in [-0.25, -0.2) is 0 Å². The molecule has 1 heteroatoms. The Labute approximate surface area is 135 Å². The van der Waals surface area contributed by atoms with Crippen molar-refractivity contribution >= 4 is 0 Å². The predicted molar refractivity (Wildman–Crippen MR) is 95.7 cm³/mol. The van der Waals surface area contributed by atoms with Gasteiger partial charge in [0.1, 0.15) is 5.75 Å². The van der Waals surface area contributed by atoms with Crippen molar-refractivity contribution in [1.29, 1.82) is 0 Å². The molecule has 0 spiro atoms. The van der Waals surface area contributed by atoms with Crippen LogP contribution >= 0.6 is 0 Å². The van der Waals surface area contributed by atoms with Gasteiger partial charge in [-0.3, -0.25) is 0 Å². The van der Waals surface area contributed by atoms with Gasteiger partial charge in [0, 0.05) is 0 Å². The summed E-state index contributed by atoms with van der Waals surface area (Å²) in [5.41, 5.74) is 5.47. The standard InChI is InChI=1S/C21H28O/c1-15(2)12-16-10-11-19(20(13-16)21(3,4)5)17-8-7-9-18(14-17)22-6/h7-11,13-15H,12H2,1-6H3. The summed E-state index contributed by atoms with van der Waals surface area (Å²) in [6.45, 7) is 11.4. The van der Waals surface area contributed by atoms with Gasteiger partial charge in [-0.1, -0.05) is 65.0 Å². The Bertz CT molecular complexity index is 633. The third-order valence-corrected chi connectivity index (χ3v) is 3.92. The third-order valence-electron chi connectivity index (χ3n) is 3.92. The summed E-state index contributed by atoms with van der Waals surface area (Å²) in [6.07, 6.45) is 1.13. The van der Waals surface area contributed by atoms with Gasteiger partial charge < -0.3 is 4.74 Å². The highest BCUT2D eigenvalue weighted by Crippen LogP contribution is 2.35. The van der Waals surface area contributed by atoms with Gasteiger partial charge in [-0.2, -0.15) is 0 Å². The first-order valence-corrected chi connectivity index (χ1v) is 8.09. The van der Waals surface area contributed by atoms with Crippen molar-refractivity contribution in [3.05, 3.63) is 53.6 Å². The van der Waals surface area contributed by atoms with Crippen molar-refractivity contribution in [2.45, 2.75) is 46.5 Å². The van der Waals surface area contributed by atoms with E-state index in [9.17, 15) is 0 Å². The van der Waals surface area contributed by atoms with Gasteiger partial charge in [0.15, 0.2) is 0 Å². The normalized spacial score (nSPS) is 11.8. The molecule has 2 rings (SSSR count). The molecule has 22 heavy (non-hydrogen) atoms. The van der Waals surface area contributed by atoms with Crippen LogP contribution in [-0.4, -0.2) is 7.11 Å². The number of hydrogen-bond donors (Lipinski definition) is 0. The molecule has 2 aromatic carbocycles. The van der Waals surface area contributed by atoms with Crippen LogP contribution in [0.4, 0.5) is 0 Å². The SMILES string of the molecule is COc1cccc(-c2ccc(CC(C)C)cc2C(C)(C)C)c1. The Hall–Kier alpha value is -1.76. The summed E-state index contributed by atoms with van der Waals surface area (Å²) in [7, 11) is 1.72. The lowest BCUT2D eigenvalue weighted by Crippen LogP contribution is -2.13. The van der Waals surface area contributed by atoms with E-state index in [0.717, 1.165) is 12.2 Å². The van der Waals surface area contributed by atoms with Crippen LogP contribution < -0.4 is 4.74 Å². The van der Waals surface area contributed by atoms with Crippen LogP contribution in [0.1, 0.15) is 45.7 Å². The molecule has 0 atom stereocenters. The van der Waals surface area contributed by atoms with Crippen molar-refractivity contribution in [2.75, 3.05) is 7.11 Å². The summed E-state index contributed by atoms with van der Waals surface area (Å²) in [5.74, 6) is 1.58. The first-order chi connectivity index (χ1) is 10.3. The van der Waals surface area contributed by atoms with Gasteiger partial charge in [-0.05, 0) is 52.1 Å². The molecule has 0 aliphatic carbocycles. The average molecular weight is 296 g/mol. The van der Waals surface area contributed by atoms with Gasteiger partial charge >= 0.3 is 0 Å². The second-order valence-corrected chi connectivity index (χ2v) is 7.46. The molecular formula is C21H28O. The largest absolute Gasteiger partial charge is 0.497 e. The van der Waals surface area contributed by atoms with E-state index in [1.165, 1.54) is 22.3 Å². The Morgan fingerprint density at radius 1 is 1.00 bits per heavy atom. The van der Waals surface area contributed by atoms with Crippen LogP contribution in [0.2, 0.25) is 0 Å². The quantitative estimate of drug-likeness (QED) is 0.686. The van der Waals surface area contributed by atoms with Crippen LogP contribution in [-0.2, 0) is 11.8 Å². The zero-order valence-electron chi connectivity index (χ0n) is 14.7. The van der Waals surface area contributed by atoms with E-state index in [0.29, 0.717) is 5.92 Å². The van der Waals surface area contributed by atoms with E-state index in [-0.39, 0.29) is 5.41 Å². The zero-order valence-corrected chi connectivity index (χ0v) is 14.7. The third kappa shape index (κ3) is 3.91. The van der Waals surface area contributed by atoms with E-state index in [2.05, 4.69) is 71.0 Å². The van der Waals surface area contributed by atoms with E-state index in [4.69, 9.17) is 4.74 Å². The van der Waals surface area contributed by atoms with Gasteiger partial charge in [-0.15, -0.1) is 0 Å². The molecule has 0 heterocycles. The van der Waals surface area contributed by atoms with Crippen molar-refractivity contribution in [3.63, 3.8) is 0 Å². The van der Waals surface area contributed by atoms with Gasteiger partial charge in [0.2, 0.25) is 0 Å². The predicted octanol–water partition coefficient (Wildman–Crippen LogP) is 5.86. The minimum atomic E-state index is 0.116. The Morgan fingerprint density at radius 2 is 1.73 bits per heavy atom. The average Bonchev–Trinajstić information content (AvgIpc) is 2.45. The Morgan fingerprint density at radius 3 is 2.32 bits per heavy atom. The molecule has 0 saturated heterocycles. The fourth-order valence-electron chi connectivity index (χ4n) is 2.85. The lowest BCUT2D eigenvalue weighted by Gasteiger charge is -2.24. The zero-order chi connectivity index (χ0) is 16.3. The number of rotatable bonds is 4. The van der Waals surface area contributed by atoms with Gasteiger partial charge in [0.05, 0.1) is 7.11 Å². The lowest BCUT2D eigenvalue weighted by atomic mass is 9.80. The van der Waals surface area contributed by atoms with E-state index in [1.54, 1.807) is 7.11 Å². The summed E-state index contributed by atoms with van der Waals surface area (Å²) in [6, 6.07) is 15.3. The molecular weight excluding hydrogens is 268 g/mol. The molecule has 0 fully saturated rings. The number of methoxy groups -OCH3 is 1. The van der Waals surface area contributed by atoms with Crippen LogP contribution in [0.15, 0.2) is 42.5 Å². The first-order valence-electron chi connectivity index (χ1n) is 8.09. The molecule has 0 bridgehead atoms. The van der Waals surface area contributed by atoms with Crippen LogP contribution in [0.5, 0.6) is 5.75 Å². The first kappa shape index (κ1) is 16.6. The maximum atomic E-state index is 5.38. The van der Waals surface area contributed by atoms with Crippen molar-refractivity contribution in [3.8, 4) is 16.9 Å². The van der Waals surface area contributed by atoms with Crippen LogP contribution in [0.3, 0.4) is 0 Å². The monoisotopic (exact) mass is 296 g/mol. The minimum Gasteiger partial charge on any atom is -0.497 e. The molecule has 1 nitrogen and oxygen atoms in total. The van der Waals surface area contributed by atoms with E-state index >= 15 is 0 Å². The smallest absolute Gasteiger partial charge is 0.119 e. The Balaban J connectivity index is 2.54. The van der Waals surface area contributed by atoms with Crippen LogP contribution in [0, 0.1) is 5.92 Å². The number of benzene rings is 2. The molecule has 0 N–H and O–H groups in total. The maximum Gasteiger partial charge on any atom is 0.119 e. The lowest BCUT2D eigenvalue weighted by molar-refractivity contribution is 0.415. The summed E-state index contributed by atoms with van der Waals surface area (Å²) in [5, 5.41) is 0. The highest BCUT2D eigenvalue weighted by molar-refractivity contribution is 5.70. The minimum absolute atomic E-state index is 0.116. The highest BCUT2D eigenvalue weighted by atomic mass is 16.5. The van der Waals surface area contributed by atoms with Crippen LogP contribution in [0.25, 0.3) is 11.1 Å². The van der Waals surface area contributed by atoms with Crippen molar-refractivity contribution in [2.24, 2.45) is 5.92 Å². The molecule has 2 aromatic rings. The van der Waals surface area contributed by atoms with Crippen molar-refractivity contribution < 1.29 is 4.74 Å². The molecule has 0 unspecified atom stereocenters. The fourth-order valence-corrected chi connectivity index (χ4v) is 2.85.